The number of halogens is 2. The van der Waals surface area contributed by atoms with Gasteiger partial charge in [-0.25, -0.2) is 4.79 Å². The maximum atomic E-state index is 12.7. The number of carbonyl (C=O) groups is 1. The quantitative estimate of drug-likeness (QED) is 0.556. The average Bonchev–Trinajstić information content (AvgIpc) is 2.63. The molecule has 3 rings (SSSR count). The van der Waals surface area contributed by atoms with E-state index in [2.05, 4.69) is 0 Å². The van der Waals surface area contributed by atoms with Crippen LogP contribution in [0.1, 0.15) is 12.5 Å². The zero-order chi connectivity index (χ0) is 19.6. The molecular weight excluding hydrogens is 391 g/mol. The Kier molecular flexibility index (Phi) is 5.73. The van der Waals surface area contributed by atoms with Gasteiger partial charge in [-0.05, 0) is 44.2 Å². The SMILES string of the molecule is CCOC(=O)COc1ccc2c(=O)c(C)c(-c3ccc(Cl)cc3Cl)oc2c1. The zero-order valence-corrected chi connectivity index (χ0v) is 16.2. The fraction of sp³-hybridized carbons (Fsp3) is 0.200. The van der Waals surface area contributed by atoms with Gasteiger partial charge in [-0.15, -0.1) is 0 Å². The highest BCUT2D eigenvalue weighted by Gasteiger charge is 2.16. The van der Waals surface area contributed by atoms with Gasteiger partial charge in [0.15, 0.2) is 12.0 Å². The lowest BCUT2D eigenvalue weighted by Crippen LogP contribution is -2.14. The van der Waals surface area contributed by atoms with Crippen molar-refractivity contribution >= 4 is 40.1 Å². The van der Waals surface area contributed by atoms with Gasteiger partial charge >= 0.3 is 5.97 Å². The Hall–Kier alpha value is -2.50. The Morgan fingerprint density at radius 2 is 1.93 bits per heavy atom. The molecule has 5 nitrogen and oxygen atoms in total. The molecule has 0 saturated heterocycles. The number of benzene rings is 2. The number of rotatable bonds is 5. The van der Waals surface area contributed by atoms with Crippen molar-refractivity contribution in [2.75, 3.05) is 13.2 Å². The molecule has 0 saturated carbocycles. The van der Waals surface area contributed by atoms with Crippen LogP contribution in [0.25, 0.3) is 22.3 Å². The molecule has 0 fully saturated rings. The number of hydrogen-bond donors (Lipinski definition) is 0. The Labute approximate surface area is 165 Å². The molecule has 0 aliphatic heterocycles. The molecule has 0 unspecified atom stereocenters. The topological polar surface area (TPSA) is 65.7 Å². The maximum Gasteiger partial charge on any atom is 0.344 e. The molecule has 0 amide bonds. The van der Waals surface area contributed by atoms with Crippen LogP contribution < -0.4 is 10.2 Å². The molecule has 0 spiro atoms. The second kappa shape index (κ2) is 8.03. The second-order valence-corrected chi connectivity index (χ2v) is 6.60. The Bertz CT molecular complexity index is 1070. The van der Waals surface area contributed by atoms with E-state index in [-0.39, 0.29) is 18.6 Å². The third kappa shape index (κ3) is 4.10. The van der Waals surface area contributed by atoms with Gasteiger partial charge in [0.2, 0.25) is 0 Å². The van der Waals surface area contributed by atoms with Gasteiger partial charge in [0.25, 0.3) is 0 Å². The van der Waals surface area contributed by atoms with Crippen LogP contribution in [0.2, 0.25) is 10.0 Å². The van der Waals surface area contributed by atoms with Crippen LogP contribution >= 0.6 is 23.2 Å². The molecule has 0 bridgehead atoms. The third-order valence-corrected chi connectivity index (χ3v) is 4.48. The van der Waals surface area contributed by atoms with Gasteiger partial charge in [0.05, 0.1) is 17.0 Å². The minimum absolute atomic E-state index is 0.172. The van der Waals surface area contributed by atoms with Gasteiger partial charge in [-0.3, -0.25) is 4.79 Å². The fourth-order valence-electron chi connectivity index (χ4n) is 2.63. The third-order valence-electron chi connectivity index (χ3n) is 3.93. The lowest BCUT2D eigenvalue weighted by molar-refractivity contribution is -0.145. The number of ether oxygens (including phenoxy) is 2. The molecule has 27 heavy (non-hydrogen) atoms. The van der Waals surface area contributed by atoms with Crippen molar-refractivity contribution < 1.29 is 18.7 Å². The minimum Gasteiger partial charge on any atom is -0.482 e. The lowest BCUT2D eigenvalue weighted by Gasteiger charge is -2.10. The number of hydrogen-bond acceptors (Lipinski definition) is 5. The van der Waals surface area contributed by atoms with Gasteiger partial charge in [0, 0.05) is 22.2 Å². The van der Waals surface area contributed by atoms with Crippen LogP contribution in [-0.4, -0.2) is 19.2 Å². The van der Waals surface area contributed by atoms with E-state index in [0.29, 0.717) is 43.7 Å². The van der Waals surface area contributed by atoms with Crippen molar-refractivity contribution in [1.82, 2.24) is 0 Å². The Morgan fingerprint density at radius 1 is 1.15 bits per heavy atom. The summed E-state index contributed by atoms with van der Waals surface area (Å²) in [4.78, 5) is 24.2. The molecule has 0 aliphatic rings. The van der Waals surface area contributed by atoms with E-state index >= 15 is 0 Å². The average molecular weight is 407 g/mol. The Balaban J connectivity index is 2.04. The highest BCUT2D eigenvalue weighted by atomic mass is 35.5. The monoisotopic (exact) mass is 406 g/mol. The molecular formula is C20H16Cl2O5. The van der Waals surface area contributed by atoms with E-state index in [1.807, 2.05) is 0 Å². The largest absolute Gasteiger partial charge is 0.482 e. The zero-order valence-electron chi connectivity index (χ0n) is 14.7. The summed E-state index contributed by atoms with van der Waals surface area (Å²) in [5.74, 6) is 0.268. The summed E-state index contributed by atoms with van der Waals surface area (Å²) in [6.07, 6.45) is 0. The molecule has 0 N–H and O–H groups in total. The standard InChI is InChI=1S/C20H16Cl2O5/c1-3-25-18(23)10-26-13-5-7-15-17(9-13)27-20(11(2)19(15)24)14-6-4-12(21)8-16(14)22/h4-9H,3,10H2,1-2H3. The van der Waals surface area contributed by atoms with E-state index in [9.17, 15) is 9.59 Å². The summed E-state index contributed by atoms with van der Waals surface area (Å²) in [6.45, 7) is 3.44. The van der Waals surface area contributed by atoms with Crippen molar-refractivity contribution in [2.45, 2.75) is 13.8 Å². The minimum atomic E-state index is -0.475. The molecule has 0 radical (unpaired) electrons. The van der Waals surface area contributed by atoms with Crippen LogP contribution in [0.5, 0.6) is 5.75 Å². The maximum absolute atomic E-state index is 12.7. The second-order valence-electron chi connectivity index (χ2n) is 5.76. The van der Waals surface area contributed by atoms with Gasteiger partial charge in [-0.1, -0.05) is 23.2 Å². The molecule has 0 atom stereocenters. The van der Waals surface area contributed by atoms with E-state index < -0.39 is 5.97 Å². The molecule has 140 valence electrons. The molecule has 2 aromatic carbocycles. The van der Waals surface area contributed by atoms with Crippen molar-refractivity contribution in [3.05, 3.63) is 62.2 Å². The summed E-state index contributed by atoms with van der Waals surface area (Å²) in [7, 11) is 0. The smallest absolute Gasteiger partial charge is 0.344 e. The number of esters is 1. The molecule has 1 aromatic heterocycles. The first kappa shape index (κ1) is 19.3. The van der Waals surface area contributed by atoms with E-state index in [4.69, 9.17) is 37.1 Å². The fourth-order valence-corrected chi connectivity index (χ4v) is 3.13. The normalized spacial score (nSPS) is 10.8. The van der Waals surface area contributed by atoms with Gasteiger partial charge < -0.3 is 13.9 Å². The summed E-state index contributed by atoms with van der Waals surface area (Å²) < 4.78 is 16.2. The first-order chi connectivity index (χ1) is 12.9. The molecule has 7 heteroatoms. The summed E-state index contributed by atoms with van der Waals surface area (Å²) >= 11 is 12.2. The first-order valence-electron chi connectivity index (χ1n) is 8.22. The van der Waals surface area contributed by atoms with E-state index in [1.54, 1.807) is 50.2 Å². The van der Waals surface area contributed by atoms with Crippen LogP contribution in [0.3, 0.4) is 0 Å². The first-order valence-corrected chi connectivity index (χ1v) is 8.97. The predicted molar refractivity (Wildman–Crippen MR) is 105 cm³/mol. The highest BCUT2D eigenvalue weighted by Crippen LogP contribution is 2.33. The summed E-state index contributed by atoms with van der Waals surface area (Å²) in [6, 6.07) is 9.71. The lowest BCUT2D eigenvalue weighted by atomic mass is 10.1. The van der Waals surface area contributed by atoms with Gasteiger partial charge in [0.1, 0.15) is 17.1 Å². The van der Waals surface area contributed by atoms with Gasteiger partial charge in [-0.2, -0.15) is 0 Å². The van der Waals surface area contributed by atoms with Crippen molar-refractivity contribution in [1.29, 1.82) is 0 Å². The molecule has 1 heterocycles. The van der Waals surface area contributed by atoms with Crippen molar-refractivity contribution in [2.24, 2.45) is 0 Å². The van der Waals surface area contributed by atoms with Crippen molar-refractivity contribution in [3.63, 3.8) is 0 Å². The Morgan fingerprint density at radius 3 is 2.63 bits per heavy atom. The van der Waals surface area contributed by atoms with Crippen LogP contribution in [0, 0.1) is 6.92 Å². The summed E-state index contributed by atoms with van der Waals surface area (Å²) in [5, 5.41) is 1.27. The molecule has 3 aromatic rings. The van der Waals surface area contributed by atoms with Crippen LogP contribution in [0.15, 0.2) is 45.6 Å². The van der Waals surface area contributed by atoms with Crippen LogP contribution in [-0.2, 0) is 9.53 Å². The highest BCUT2D eigenvalue weighted by molar-refractivity contribution is 6.36. The van der Waals surface area contributed by atoms with E-state index in [1.165, 1.54) is 0 Å². The summed E-state index contributed by atoms with van der Waals surface area (Å²) in [5.41, 5.74) is 1.16. The molecule has 0 aliphatic carbocycles. The number of fused-ring (bicyclic) bond motifs is 1. The predicted octanol–water partition coefficient (Wildman–Crippen LogP) is 5.02. The van der Waals surface area contributed by atoms with E-state index in [0.717, 1.165) is 0 Å². The number of carbonyl (C=O) groups excluding carboxylic acids is 1. The van der Waals surface area contributed by atoms with Crippen molar-refractivity contribution in [3.8, 4) is 17.1 Å². The van der Waals surface area contributed by atoms with Crippen LogP contribution in [0.4, 0.5) is 0 Å².